The van der Waals surface area contributed by atoms with E-state index >= 15 is 0 Å². The SMILES string of the molecule is CCOc1ccc(CSC2=NOC(C)(CCl)C2)cc1. The maximum Gasteiger partial charge on any atom is 0.154 e. The summed E-state index contributed by atoms with van der Waals surface area (Å²) < 4.78 is 5.42. The molecule has 0 radical (unpaired) electrons. The van der Waals surface area contributed by atoms with Gasteiger partial charge in [0.05, 0.1) is 12.5 Å². The summed E-state index contributed by atoms with van der Waals surface area (Å²) in [5, 5.41) is 5.10. The summed E-state index contributed by atoms with van der Waals surface area (Å²) in [6.07, 6.45) is 0.790. The van der Waals surface area contributed by atoms with Gasteiger partial charge in [-0.15, -0.1) is 23.4 Å². The minimum Gasteiger partial charge on any atom is -0.494 e. The molecule has 19 heavy (non-hydrogen) atoms. The van der Waals surface area contributed by atoms with Gasteiger partial charge in [-0.2, -0.15) is 0 Å². The highest BCUT2D eigenvalue weighted by atomic mass is 35.5. The fourth-order valence-corrected chi connectivity index (χ4v) is 2.88. The second-order valence-electron chi connectivity index (χ2n) is 4.70. The van der Waals surface area contributed by atoms with Gasteiger partial charge in [0.1, 0.15) is 10.8 Å². The molecule has 1 aliphatic heterocycles. The van der Waals surface area contributed by atoms with Gasteiger partial charge in [-0.25, -0.2) is 0 Å². The van der Waals surface area contributed by atoms with E-state index in [1.807, 2.05) is 26.0 Å². The lowest BCUT2D eigenvalue weighted by Gasteiger charge is -2.16. The normalized spacial score (nSPS) is 21.9. The van der Waals surface area contributed by atoms with Gasteiger partial charge in [0.2, 0.25) is 0 Å². The first-order valence-corrected chi connectivity index (χ1v) is 7.83. The van der Waals surface area contributed by atoms with E-state index in [0.717, 1.165) is 23.0 Å². The van der Waals surface area contributed by atoms with Gasteiger partial charge in [0, 0.05) is 12.2 Å². The van der Waals surface area contributed by atoms with Crippen molar-refractivity contribution < 1.29 is 9.57 Å². The van der Waals surface area contributed by atoms with Gasteiger partial charge < -0.3 is 9.57 Å². The minimum atomic E-state index is -0.331. The molecule has 0 aromatic heterocycles. The van der Waals surface area contributed by atoms with Crippen LogP contribution in [0.4, 0.5) is 0 Å². The van der Waals surface area contributed by atoms with Crippen LogP contribution in [0.3, 0.4) is 0 Å². The smallest absolute Gasteiger partial charge is 0.154 e. The standard InChI is InChI=1S/C14H18ClNO2S/c1-3-17-12-6-4-11(5-7-12)9-19-13-8-14(2,10-15)18-16-13/h4-7H,3,8-10H2,1-2H3. The molecule has 5 heteroatoms. The van der Waals surface area contributed by atoms with Crippen LogP contribution >= 0.6 is 23.4 Å². The van der Waals surface area contributed by atoms with Gasteiger partial charge in [-0.1, -0.05) is 17.3 Å². The summed E-state index contributed by atoms with van der Waals surface area (Å²) in [5.41, 5.74) is 0.915. The second-order valence-corrected chi connectivity index (χ2v) is 6.02. The predicted molar refractivity (Wildman–Crippen MR) is 81.2 cm³/mol. The Hall–Kier alpha value is -0.870. The lowest BCUT2D eigenvalue weighted by molar-refractivity contribution is 0.0152. The molecule has 1 aromatic rings. The average molecular weight is 300 g/mol. The summed E-state index contributed by atoms with van der Waals surface area (Å²) in [5.74, 6) is 2.25. The van der Waals surface area contributed by atoms with E-state index in [9.17, 15) is 0 Å². The third-order valence-corrected chi connectivity index (χ3v) is 4.41. The van der Waals surface area contributed by atoms with E-state index < -0.39 is 0 Å². The molecule has 0 aliphatic carbocycles. The molecule has 0 saturated heterocycles. The van der Waals surface area contributed by atoms with Crippen LogP contribution in [-0.2, 0) is 10.6 Å². The molecule has 1 aliphatic rings. The van der Waals surface area contributed by atoms with E-state index in [1.54, 1.807) is 11.8 Å². The molecule has 1 unspecified atom stereocenters. The van der Waals surface area contributed by atoms with E-state index in [0.29, 0.717) is 12.5 Å². The topological polar surface area (TPSA) is 30.8 Å². The molecule has 104 valence electrons. The number of rotatable bonds is 5. The highest BCUT2D eigenvalue weighted by molar-refractivity contribution is 8.13. The zero-order chi connectivity index (χ0) is 13.7. The second kappa shape index (κ2) is 6.53. The molecule has 2 rings (SSSR count). The Balaban J connectivity index is 1.83. The molecule has 3 nitrogen and oxygen atoms in total. The van der Waals surface area contributed by atoms with Crippen LogP contribution in [0, 0.1) is 0 Å². The zero-order valence-electron chi connectivity index (χ0n) is 11.2. The van der Waals surface area contributed by atoms with Gasteiger partial charge in [0.15, 0.2) is 5.60 Å². The Morgan fingerprint density at radius 2 is 2.16 bits per heavy atom. The highest BCUT2D eigenvalue weighted by Crippen LogP contribution is 2.30. The summed E-state index contributed by atoms with van der Waals surface area (Å²) >= 11 is 7.56. The van der Waals surface area contributed by atoms with Crippen LogP contribution in [0.5, 0.6) is 5.75 Å². The van der Waals surface area contributed by atoms with Gasteiger partial charge >= 0.3 is 0 Å². The Kier molecular flexibility index (Phi) is 4.99. The van der Waals surface area contributed by atoms with Crippen LogP contribution in [-0.4, -0.2) is 23.1 Å². The third-order valence-electron chi connectivity index (χ3n) is 2.82. The maximum atomic E-state index is 5.86. The van der Waals surface area contributed by atoms with Crippen LogP contribution in [0.2, 0.25) is 0 Å². The van der Waals surface area contributed by atoms with Crippen molar-refractivity contribution in [1.29, 1.82) is 0 Å². The Bertz CT molecular complexity index is 449. The number of benzene rings is 1. The van der Waals surface area contributed by atoms with Crippen molar-refractivity contribution in [2.75, 3.05) is 12.5 Å². The van der Waals surface area contributed by atoms with E-state index in [1.165, 1.54) is 5.56 Å². The van der Waals surface area contributed by atoms with Crippen molar-refractivity contribution in [3.8, 4) is 5.75 Å². The number of ether oxygens (including phenoxy) is 1. The number of halogens is 1. The molecule has 0 amide bonds. The van der Waals surface area contributed by atoms with Crippen molar-refractivity contribution in [2.24, 2.45) is 5.16 Å². The molecule has 0 spiro atoms. The summed E-state index contributed by atoms with van der Waals surface area (Å²) in [6.45, 7) is 4.66. The van der Waals surface area contributed by atoms with Gasteiger partial charge in [-0.3, -0.25) is 0 Å². The molecule has 0 N–H and O–H groups in total. The van der Waals surface area contributed by atoms with Crippen LogP contribution in [0.25, 0.3) is 0 Å². The fourth-order valence-electron chi connectivity index (χ4n) is 1.71. The fraction of sp³-hybridized carbons (Fsp3) is 0.500. The maximum absolute atomic E-state index is 5.86. The number of thioether (sulfide) groups is 1. The first-order chi connectivity index (χ1) is 9.15. The summed E-state index contributed by atoms with van der Waals surface area (Å²) in [4.78, 5) is 5.36. The first kappa shape index (κ1) is 14.5. The first-order valence-electron chi connectivity index (χ1n) is 6.31. The molecule has 1 aromatic carbocycles. The largest absolute Gasteiger partial charge is 0.494 e. The number of nitrogens with zero attached hydrogens (tertiary/aromatic N) is 1. The Morgan fingerprint density at radius 1 is 1.42 bits per heavy atom. The van der Waals surface area contributed by atoms with Crippen LogP contribution in [0.1, 0.15) is 25.8 Å². The number of oxime groups is 1. The van der Waals surface area contributed by atoms with E-state index in [2.05, 4.69) is 17.3 Å². The van der Waals surface area contributed by atoms with Crippen molar-refractivity contribution >= 4 is 28.4 Å². The van der Waals surface area contributed by atoms with Crippen LogP contribution < -0.4 is 4.74 Å². The Labute approximate surface area is 123 Å². The third kappa shape index (κ3) is 4.05. The number of hydrogen-bond donors (Lipinski definition) is 0. The predicted octanol–water partition coefficient (Wildman–Crippen LogP) is 4.05. The quantitative estimate of drug-likeness (QED) is 0.769. The van der Waals surface area contributed by atoms with E-state index in [4.69, 9.17) is 21.2 Å². The van der Waals surface area contributed by atoms with Crippen molar-refractivity contribution in [3.05, 3.63) is 29.8 Å². The van der Waals surface area contributed by atoms with Crippen molar-refractivity contribution in [1.82, 2.24) is 0 Å². The lowest BCUT2D eigenvalue weighted by Crippen LogP contribution is -2.26. The lowest BCUT2D eigenvalue weighted by atomic mass is 10.1. The Morgan fingerprint density at radius 3 is 2.74 bits per heavy atom. The van der Waals surface area contributed by atoms with Crippen LogP contribution in [0.15, 0.2) is 29.4 Å². The molecular weight excluding hydrogens is 282 g/mol. The molecule has 0 fully saturated rings. The van der Waals surface area contributed by atoms with Crippen molar-refractivity contribution in [3.63, 3.8) is 0 Å². The molecular formula is C14H18ClNO2S. The van der Waals surface area contributed by atoms with Gasteiger partial charge in [-0.05, 0) is 31.5 Å². The number of hydrogen-bond acceptors (Lipinski definition) is 4. The zero-order valence-corrected chi connectivity index (χ0v) is 12.8. The van der Waals surface area contributed by atoms with Gasteiger partial charge in [0.25, 0.3) is 0 Å². The molecule has 0 bridgehead atoms. The average Bonchev–Trinajstić information content (AvgIpc) is 2.81. The summed E-state index contributed by atoms with van der Waals surface area (Å²) in [6, 6.07) is 8.15. The molecule has 1 heterocycles. The monoisotopic (exact) mass is 299 g/mol. The van der Waals surface area contributed by atoms with E-state index in [-0.39, 0.29) is 5.60 Å². The molecule has 0 saturated carbocycles. The minimum absolute atomic E-state index is 0.331. The summed E-state index contributed by atoms with van der Waals surface area (Å²) in [7, 11) is 0. The highest BCUT2D eigenvalue weighted by Gasteiger charge is 2.33. The number of alkyl halides is 1. The molecule has 1 atom stereocenters. The van der Waals surface area contributed by atoms with Crippen molar-refractivity contribution in [2.45, 2.75) is 31.6 Å².